The molecule has 0 aliphatic carbocycles. The van der Waals surface area contributed by atoms with Crippen molar-refractivity contribution in [2.45, 2.75) is 6.54 Å². The van der Waals surface area contributed by atoms with Crippen LogP contribution < -0.4 is 21.3 Å². The molecule has 1 aromatic carbocycles. The fourth-order valence-electron chi connectivity index (χ4n) is 2.85. The Morgan fingerprint density at radius 1 is 0.935 bits per heavy atom. The largest absolute Gasteiger partial charge is 0.378 e. The average Bonchev–Trinajstić information content (AvgIpc) is 2.81. The van der Waals surface area contributed by atoms with Crippen molar-refractivity contribution in [3.8, 4) is 0 Å². The van der Waals surface area contributed by atoms with Gasteiger partial charge in [0.25, 0.3) is 0 Å². The summed E-state index contributed by atoms with van der Waals surface area (Å²) in [6.45, 7) is 6.56. The molecule has 1 aliphatic rings. The molecule has 0 bridgehead atoms. The average molecular weight is 452 g/mol. The molecule has 3 rings (SSSR count). The summed E-state index contributed by atoms with van der Waals surface area (Å²) in [5, 5.41) is 7.18. The molecule has 0 unspecified atom stereocenters. The quantitative estimate of drug-likeness (QED) is 0.385. The van der Waals surface area contributed by atoms with E-state index in [1.807, 2.05) is 24.3 Å². The first kappa shape index (κ1) is 23.4. The number of morpholine rings is 1. The normalized spacial score (nSPS) is 13.9. The van der Waals surface area contributed by atoms with Crippen LogP contribution in [0, 0.1) is 0 Å². The maximum atomic E-state index is 5.96. The topological polar surface area (TPSA) is 120 Å². The third-order valence-corrected chi connectivity index (χ3v) is 4.70. The smallest absolute Gasteiger partial charge is 0.232 e. The number of rotatable bonds is 13. The molecule has 11 heteroatoms. The molecule has 0 atom stereocenters. The van der Waals surface area contributed by atoms with E-state index in [4.69, 9.17) is 31.5 Å². The monoisotopic (exact) mass is 451 g/mol. The van der Waals surface area contributed by atoms with Gasteiger partial charge < -0.3 is 35.5 Å². The number of aromatic nitrogens is 3. The van der Waals surface area contributed by atoms with Crippen molar-refractivity contribution < 1.29 is 14.2 Å². The van der Waals surface area contributed by atoms with E-state index >= 15 is 0 Å². The summed E-state index contributed by atoms with van der Waals surface area (Å²) in [6.07, 6.45) is 0. The minimum absolute atomic E-state index is 0.498. The number of ether oxygens (including phenoxy) is 3. The number of hydrogen-bond acceptors (Lipinski definition) is 10. The summed E-state index contributed by atoms with van der Waals surface area (Å²) < 4.78 is 16.3. The van der Waals surface area contributed by atoms with Crippen LogP contribution in [0.4, 0.5) is 17.8 Å². The molecule has 1 saturated heterocycles. The lowest BCUT2D eigenvalue weighted by Gasteiger charge is -2.27. The summed E-state index contributed by atoms with van der Waals surface area (Å²) in [6, 6.07) is 7.65. The molecule has 1 fully saturated rings. The van der Waals surface area contributed by atoms with Crippen LogP contribution in [0.15, 0.2) is 24.3 Å². The van der Waals surface area contributed by atoms with Crippen LogP contribution in [0.3, 0.4) is 0 Å². The van der Waals surface area contributed by atoms with Crippen LogP contribution in [-0.2, 0) is 20.8 Å². The van der Waals surface area contributed by atoms with E-state index in [0.29, 0.717) is 82.1 Å². The maximum Gasteiger partial charge on any atom is 0.232 e. The molecule has 10 nitrogen and oxygen atoms in total. The second-order valence-corrected chi connectivity index (χ2v) is 7.24. The highest BCUT2D eigenvalue weighted by atomic mass is 35.5. The summed E-state index contributed by atoms with van der Waals surface area (Å²) >= 11 is 5.96. The second kappa shape index (κ2) is 13.2. The van der Waals surface area contributed by atoms with Gasteiger partial charge in [0.15, 0.2) is 0 Å². The Bertz CT molecular complexity index is 776. The van der Waals surface area contributed by atoms with Gasteiger partial charge in [0.2, 0.25) is 17.8 Å². The molecular weight excluding hydrogens is 422 g/mol. The Kier molecular flexibility index (Phi) is 10.00. The van der Waals surface area contributed by atoms with Crippen LogP contribution in [0.5, 0.6) is 0 Å². The minimum atomic E-state index is 0.498. The highest BCUT2D eigenvalue weighted by Gasteiger charge is 2.16. The molecule has 1 aliphatic heterocycles. The highest BCUT2D eigenvalue weighted by molar-refractivity contribution is 6.30. The van der Waals surface area contributed by atoms with Gasteiger partial charge in [0.1, 0.15) is 0 Å². The van der Waals surface area contributed by atoms with Crippen LogP contribution in [0.25, 0.3) is 0 Å². The van der Waals surface area contributed by atoms with Crippen molar-refractivity contribution in [3.63, 3.8) is 0 Å². The molecule has 0 amide bonds. The van der Waals surface area contributed by atoms with Crippen LogP contribution in [-0.4, -0.2) is 80.8 Å². The Hall–Kier alpha value is -2.24. The van der Waals surface area contributed by atoms with Crippen molar-refractivity contribution in [1.29, 1.82) is 0 Å². The van der Waals surface area contributed by atoms with Crippen LogP contribution in [0.2, 0.25) is 5.02 Å². The zero-order chi connectivity index (χ0) is 21.7. The summed E-state index contributed by atoms with van der Waals surface area (Å²) in [7, 11) is 0. The van der Waals surface area contributed by atoms with Gasteiger partial charge in [-0.25, -0.2) is 0 Å². The predicted octanol–water partition coefficient (Wildman–Crippen LogP) is 1.38. The summed E-state index contributed by atoms with van der Waals surface area (Å²) in [4.78, 5) is 15.7. The molecule has 4 N–H and O–H groups in total. The molecule has 2 aromatic rings. The number of anilines is 3. The van der Waals surface area contributed by atoms with Crippen molar-refractivity contribution in [2.24, 2.45) is 5.73 Å². The standard InChI is InChI=1S/C20H30ClN7O3/c21-17-3-1-16(2-4-17)15-24-19-25-18(23-6-10-30-14-13-29-9-5-22)26-20(27-19)28-7-11-31-12-8-28/h1-4H,5-15,22H2,(H2,23,24,25,26,27). The zero-order valence-electron chi connectivity index (χ0n) is 17.6. The number of nitrogens with two attached hydrogens (primary N) is 1. The lowest BCUT2D eigenvalue weighted by molar-refractivity contribution is 0.0547. The van der Waals surface area contributed by atoms with E-state index in [1.165, 1.54) is 0 Å². The van der Waals surface area contributed by atoms with Crippen molar-refractivity contribution in [1.82, 2.24) is 15.0 Å². The zero-order valence-corrected chi connectivity index (χ0v) is 18.3. The number of benzene rings is 1. The van der Waals surface area contributed by atoms with Gasteiger partial charge >= 0.3 is 0 Å². The molecule has 1 aromatic heterocycles. The fourth-order valence-corrected chi connectivity index (χ4v) is 2.98. The van der Waals surface area contributed by atoms with Crippen LogP contribution >= 0.6 is 11.6 Å². The summed E-state index contributed by atoms with van der Waals surface area (Å²) in [5.74, 6) is 1.62. The highest BCUT2D eigenvalue weighted by Crippen LogP contribution is 2.16. The van der Waals surface area contributed by atoms with E-state index in [0.717, 1.165) is 18.7 Å². The van der Waals surface area contributed by atoms with Crippen molar-refractivity contribution in [3.05, 3.63) is 34.9 Å². The molecule has 0 spiro atoms. The molecule has 170 valence electrons. The van der Waals surface area contributed by atoms with Gasteiger partial charge in [-0.05, 0) is 17.7 Å². The van der Waals surface area contributed by atoms with E-state index in [-0.39, 0.29) is 0 Å². The first-order chi connectivity index (χ1) is 15.2. The lowest BCUT2D eigenvalue weighted by atomic mass is 10.2. The number of nitrogens with zero attached hydrogens (tertiary/aromatic N) is 4. The predicted molar refractivity (Wildman–Crippen MR) is 121 cm³/mol. The molecule has 0 radical (unpaired) electrons. The fraction of sp³-hybridized carbons (Fsp3) is 0.550. The minimum Gasteiger partial charge on any atom is -0.378 e. The van der Waals surface area contributed by atoms with Gasteiger partial charge in [0.05, 0.1) is 39.6 Å². The number of nitrogens with one attached hydrogen (secondary N) is 2. The van der Waals surface area contributed by atoms with Gasteiger partial charge in [0, 0.05) is 37.7 Å². The molecule has 0 saturated carbocycles. The van der Waals surface area contributed by atoms with E-state index < -0.39 is 0 Å². The van der Waals surface area contributed by atoms with Crippen molar-refractivity contribution >= 4 is 29.4 Å². The maximum absolute atomic E-state index is 5.96. The van der Waals surface area contributed by atoms with E-state index in [9.17, 15) is 0 Å². The number of hydrogen-bond donors (Lipinski definition) is 3. The Balaban J connectivity index is 1.56. The van der Waals surface area contributed by atoms with Crippen molar-refractivity contribution in [2.75, 3.05) is 81.4 Å². The molecule has 2 heterocycles. The summed E-state index contributed by atoms with van der Waals surface area (Å²) in [5.41, 5.74) is 6.46. The lowest BCUT2D eigenvalue weighted by Crippen LogP contribution is -2.37. The third-order valence-electron chi connectivity index (χ3n) is 4.45. The SMILES string of the molecule is NCCOCCOCCNc1nc(NCc2ccc(Cl)cc2)nc(N2CCOCC2)n1. The third kappa shape index (κ3) is 8.42. The van der Waals surface area contributed by atoms with Gasteiger partial charge in [-0.15, -0.1) is 0 Å². The Morgan fingerprint density at radius 2 is 1.61 bits per heavy atom. The molecule has 31 heavy (non-hydrogen) atoms. The van der Waals surface area contributed by atoms with Crippen LogP contribution in [0.1, 0.15) is 5.56 Å². The number of halogens is 1. The first-order valence-corrected chi connectivity index (χ1v) is 10.8. The molecular formula is C20H30ClN7O3. The van der Waals surface area contributed by atoms with E-state index in [1.54, 1.807) is 0 Å². The Labute approximate surface area is 187 Å². The van der Waals surface area contributed by atoms with E-state index in [2.05, 4.69) is 30.5 Å². The van der Waals surface area contributed by atoms with Gasteiger partial charge in [-0.1, -0.05) is 23.7 Å². The van der Waals surface area contributed by atoms with Gasteiger partial charge in [-0.3, -0.25) is 0 Å². The Morgan fingerprint density at radius 3 is 2.32 bits per heavy atom. The second-order valence-electron chi connectivity index (χ2n) is 6.80. The van der Waals surface area contributed by atoms with Gasteiger partial charge in [-0.2, -0.15) is 15.0 Å². The first-order valence-electron chi connectivity index (χ1n) is 10.4.